The first-order chi connectivity index (χ1) is 9.83. The topological polar surface area (TPSA) is 69.6 Å². The summed E-state index contributed by atoms with van der Waals surface area (Å²) >= 11 is 0. The Kier molecular flexibility index (Phi) is 6.37. The average molecular weight is 292 g/mol. The van der Waals surface area contributed by atoms with Crippen molar-refractivity contribution in [1.82, 2.24) is 10.2 Å². The van der Waals surface area contributed by atoms with Crippen molar-refractivity contribution in [1.29, 1.82) is 0 Å². The second-order valence-electron chi connectivity index (χ2n) is 5.59. The van der Waals surface area contributed by atoms with E-state index in [1.807, 2.05) is 13.0 Å². The lowest BCUT2D eigenvalue weighted by Gasteiger charge is -2.28. The molecule has 0 unspecified atom stereocenters. The number of carbonyl (C=O) groups is 2. The zero-order chi connectivity index (χ0) is 15.9. The number of aliphatic hydroxyl groups is 1. The molecule has 0 atom stereocenters. The molecule has 5 nitrogen and oxygen atoms in total. The average Bonchev–Trinajstić information content (AvgIpc) is 2.44. The minimum atomic E-state index is -0.918. The fraction of sp³-hybridized carbons (Fsp3) is 0.500. The Bertz CT molecular complexity index is 466. The van der Waals surface area contributed by atoms with E-state index in [0.717, 1.165) is 0 Å². The molecule has 0 saturated carbocycles. The van der Waals surface area contributed by atoms with E-state index in [9.17, 15) is 14.7 Å². The van der Waals surface area contributed by atoms with Gasteiger partial charge in [-0.05, 0) is 32.9 Å². The molecule has 0 fully saturated rings. The summed E-state index contributed by atoms with van der Waals surface area (Å²) in [5, 5.41) is 12.5. The molecule has 1 rings (SSSR count). The number of benzene rings is 1. The number of likely N-dealkylation sites (N-methyl/N-ethyl adjacent to an activating group) is 1. The lowest BCUT2D eigenvalue weighted by Crippen LogP contribution is -2.43. The maximum Gasteiger partial charge on any atom is 0.251 e. The van der Waals surface area contributed by atoms with Crippen molar-refractivity contribution in [3.8, 4) is 0 Å². The predicted molar refractivity (Wildman–Crippen MR) is 81.9 cm³/mol. The molecule has 0 aromatic heterocycles. The van der Waals surface area contributed by atoms with E-state index in [2.05, 4.69) is 5.32 Å². The van der Waals surface area contributed by atoms with Crippen molar-refractivity contribution in [2.24, 2.45) is 0 Å². The summed E-state index contributed by atoms with van der Waals surface area (Å²) < 4.78 is 0. The number of nitrogens with one attached hydrogen (secondary N) is 1. The van der Waals surface area contributed by atoms with Gasteiger partial charge >= 0.3 is 0 Å². The molecule has 1 aromatic carbocycles. The normalized spacial score (nSPS) is 11.0. The van der Waals surface area contributed by atoms with Crippen LogP contribution in [0.3, 0.4) is 0 Å². The molecule has 0 bridgehead atoms. The first kappa shape index (κ1) is 17.2. The number of hydrogen-bond acceptors (Lipinski definition) is 3. The van der Waals surface area contributed by atoms with Gasteiger partial charge in [0.05, 0.1) is 5.60 Å². The van der Waals surface area contributed by atoms with Gasteiger partial charge in [-0.3, -0.25) is 9.59 Å². The molecule has 5 heteroatoms. The first-order valence-electron chi connectivity index (χ1n) is 7.17. The second-order valence-corrected chi connectivity index (χ2v) is 5.59. The van der Waals surface area contributed by atoms with E-state index in [-0.39, 0.29) is 31.3 Å². The van der Waals surface area contributed by atoms with E-state index < -0.39 is 5.60 Å². The molecule has 0 aliphatic heterocycles. The van der Waals surface area contributed by atoms with Gasteiger partial charge in [0.1, 0.15) is 0 Å². The lowest BCUT2D eigenvalue weighted by atomic mass is 10.1. The number of rotatable bonds is 7. The van der Waals surface area contributed by atoms with Gasteiger partial charge in [0.15, 0.2) is 0 Å². The van der Waals surface area contributed by atoms with Crippen LogP contribution in [0.25, 0.3) is 0 Å². The van der Waals surface area contributed by atoms with Gasteiger partial charge < -0.3 is 15.3 Å². The zero-order valence-electron chi connectivity index (χ0n) is 12.9. The van der Waals surface area contributed by atoms with Gasteiger partial charge in [-0.15, -0.1) is 0 Å². The Hall–Kier alpha value is -1.88. The van der Waals surface area contributed by atoms with Crippen molar-refractivity contribution in [2.45, 2.75) is 32.8 Å². The quantitative estimate of drug-likeness (QED) is 0.798. The van der Waals surface area contributed by atoms with E-state index >= 15 is 0 Å². The minimum absolute atomic E-state index is 0.0759. The Morgan fingerprint density at radius 2 is 1.86 bits per heavy atom. The third-order valence-electron chi connectivity index (χ3n) is 2.97. The molecule has 0 aliphatic rings. The molecule has 2 N–H and O–H groups in total. The highest BCUT2D eigenvalue weighted by Gasteiger charge is 2.20. The van der Waals surface area contributed by atoms with E-state index in [0.29, 0.717) is 12.1 Å². The summed E-state index contributed by atoms with van der Waals surface area (Å²) in [6.07, 6.45) is 0.225. The Labute approximate surface area is 126 Å². The van der Waals surface area contributed by atoms with Crippen molar-refractivity contribution in [3.05, 3.63) is 35.9 Å². The maximum absolute atomic E-state index is 12.0. The summed E-state index contributed by atoms with van der Waals surface area (Å²) in [7, 11) is 0. The molecule has 0 radical (unpaired) electrons. The predicted octanol–water partition coefficient (Wildman–Crippen LogP) is 1.43. The van der Waals surface area contributed by atoms with Gasteiger partial charge in [-0.25, -0.2) is 0 Å². The molecule has 0 aliphatic carbocycles. The summed E-state index contributed by atoms with van der Waals surface area (Å²) in [4.78, 5) is 25.4. The van der Waals surface area contributed by atoms with Crippen LogP contribution in [0.15, 0.2) is 30.3 Å². The zero-order valence-corrected chi connectivity index (χ0v) is 12.9. The third kappa shape index (κ3) is 6.40. The molecule has 1 aromatic rings. The van der Waals surface area contributed by atoms with Crippen molar-refractivity contribution < 1.29 is 14.7 Å². The molecule has 2 amide bonds. The maximum atomic E-state index is 12.0. The second kappa shape index (κ2) is 7.78. The molecule has 21 heavy (non-hydrogen) atoms. The molecule has 0 heterocycles. The van der Waals surface area contributed by atoms with E-state index in [4.69, 9.17) is 0 Å². The molecular weight excluding hydrogens is 268 g/mol. The smallest absolute Gasteiger partial charge is 0.251 e. The minimum Gasteiger partial charge on any atom is -0.389 e. The van der Waals surface area contributed by atoms with Crippen molar-refractivity contribution in [2.75, 3.05) is 19.6 Å². The molecule has 0 saturated heterocycles. The van der Waals surface area contributed by atoms with Crippen LogP contribution >= 0.6 is 0 Å². The van der Waals surface area contributed by atoms with Crippen LogP contribution in [-0.2, 0) is 4.79 Å². The Morgan fingerprint density at radius 3 is 2.38 bits per heavy atom. The van der Waals surface area contributed by atoms with Crippen molar-refractivity contribution >= 4 is 11.8 Å². The monoisotopic (exact) mass is 292 g/mol. The van der Waals surface area contributed by atoms with Crippen LogP contribution in [0.4, 0.5) is 0 Å². The Balaban J connectivity index is 2.40. The van der Waals surface area contributed by atoms with E-state index in [1.165, 1.54) is 0 Å². The molecule has 116 valence electrons. The summed E-state index contributed by atoms with van der Waals surface area (Å²) in [6, 6.07) is 8.88. The van der Waals surface area contributed by atoms with Crippen LogP contribution in [0, 0.1) is 0 Å². The lowest BCUT2D eigenvalue weighted by molar-refractivity contribution is -0.133. The highest BCUT2D eigenvalue weighted by atomic mass is 16.3. The van der Waals surface area contributed by atoms with Gasteiger partial charge in [-0.1, -0.05) is 18.2 Å². The SMILES string of the molecule is CCN(CC(C)(C)O)C(=O)CCNC(=O)c1ccccc1. The van der Waals surface area contributed by atoms with Crippen LogP contribution in [0.1, 0.15) is 37.6 Å². The van der Waals surface area contributed by atoms with Gasteiger partial charge in [0, 0.05) is 31.6 Å². The van der Waals surface area contributed by atoms with Crippen LogP contribution < -0.4 is 5.32 Å². The highest BCUT2D eigenvalue weighted by Crippen LogP contribution is 2.06. The highest BCUT2D eigenvalue weighted by molar-refractivity contribution is 5.94. The molecular formula is C16H24N2O3. The molecule has 0 spiro atoms. The van der Waals surface area contributed by atoms with Gasteiger partial charge in [0.2, 0.25) is 5.91 Å². The number of nitrogens with zero attached hydrogens (tertiary/aromatic N) is 1. The standard InChI is InChI=1S/C16H24N2O3/c1-4-18(12-16(2,3)21)14(19)10-11-17-15(20)13-8-6-5-7-9-13/h5-9,21H,4,10-12H2,1-3H3,(H,17,20). The number of amides is 2. The van der Waals surface area contributed by atoms with Crippen LogP contribution in [-0.4, -0.2) is 47.1 Å². The number of carbonyl (C=O) groups excluding carboxylic acids is 2. The summed E-state index contributed by atoms with van der Waals surface area (Å²) in [5.41, 5.74) is -0.340. The third-order valence-corrected chi connectivity index (χ3v) is 2.97. The van der Waals surface area contributed by atoms with Gasteiger partial charge in [0.25, 0.3) is 5.91 Å². The van der Waals surface area contributed by atoms with E-state index in [1.54, 1.807) is 43.0 Å². The van der Waals surface area contributed by atoms with Gasteiger partial charge in [-0.2, -0.15) is 0 Å². The fourth-order valence-electron chi connectivity index (χ4n) is 1.98. The fourth-order valence-corrected chi connectivity index (χ4v) is 1.98. The number of hydrogen-bond donors (Lipinski definition) is 2. The summed E-state index contributed by atoms with van der Waals surface area (Å²) in [5.74, 6) is -0.262. The van der Waals surface area contributed by atoms with Crippen LogP contribution in [0.5, 0.6) is 0 Å². The first-order valence-corrected chi connectivity index (χ1v) is 7.17. The Morgan fingerprint density at radius 1 is 1.24 bits per heavy atom. The van der Waals surface area contributed by atoms with Crippen LogP contribution in [0.2, 0.25) is 0 Å². The summed E-state index contributed by atoms with van der Waals surface area (Å²) in [6.45, 7) is 6.31. The van der Waals surface area contributed by atoms with Crippen molar-refractivity contribution in [3.63, 3.8) is 0 Å². The largest absolute Gasteiger partial charge is 0.389 e.